The van der Waals surface area contributed by atoms with E-state index in [0.29, 0.717) is 12.8 Å². The van der Waals surface area contributed by atoms with Crippen molar-refractivity contribution in [3.05, 3.63) is 48.0 Å². The molecule has 1 aliphatic heterocycles. The molecule has 0 radical (unpaired) electrons. The van der Waals surface area contributed by atoms with Crippen molar-refractivity contribution in [1.82, 2.24) is 20.9 Å². The van der Waals surface area contributed by atoms with Crippen LogP contribution in [0.2, 0.25) is 0 Å². The molecule has 0 spiro atoms. The number of amides is 4. The quantitative estimate of drug-likeness (QED) is 0.384. The monoisotopic (exact) mass is 483 g/mol. The van der Waals surface area contributed by atoms with Gasteiger partial charge in [-0.2, -0.15) is 0 Å². The maximum absolute atomic E-state index is 13.4. The van der Waals surface area contributed by atoms with E-state index in [0.717, 1.165) is 17.5 Å². The van der Waals surface area contributed by atoms with Gasteiger partial charge in [-0.1, -0.05) is 51.1 Å². The second-order valence-corrected chi connectivity index (χ2v) is 11.1. The summed E-state index contributed by atoms with van der Waals surface area (Å²) in [5.41, 5.74) is 7.37. The molecular weight excluding hydrogens is 446 g/mol. The third-order valence-corrected chi connectivity index (χ3v) is 7.26. The highest BCUT2D eigenvalue weighted by molar-refractivity contribution is 5.91. The number of benzene rings is 1. The Hall–Kier alpha value is -2.91. The molecular formula is C26H37N5O4. The van der Waals surface area contributed by atoms with Gasteiger partial charge in [0.2, 0.25) is 11.8 Å². The van der Waals surface area contributed by atoms with Crippen LogP contribution in [0.4, 0.5) is 4.79 Å². The van der Waals surface area contributed by atoms with E-state index in [1.54, 1.807) is 0 Å². The summed E-state index contributed by atoms with van der Waals surface area (Å²) in [5, 5.41) is 19.3. The first kappa shape index (κ1) is 25.2. The van der Waals surface area contributed by atoms with Gasteiger partial charge in [0.25, 0.3) is 0 Å². The maximum Gasteiger partial charge on any atom is 0.318 e. The van der Waals surface area contributed by atoms with Crippen LogP contribution < -0.4 is 21.7 Å². The van der Waals surface area contributed by atoms with Crippen molar-refractivity contribution in [2.75, 3.05) is 6.54 Å². The summed E-state index contributed by atoms with van der Waals surface area (Å²) in [6.45, 7) is 9.57. The second-order valence-electron chi connectivity index (χ2n) is 11.1. The van der Waals surface area contributed by atoms with Gasteiger partial charge in [0.1, 0.15) is 12.1 Å². The Bertz CT molecular complexity index is 1010. The van der Waals surface area contributed by atoms with E-state index in [4.69, 9.17) is 5.73 Å². The number of urea groups is 1. The fourth-order valence-electron chi connectivity index (χ4n) is 5.13. The van der Waals surface area contributed by atoms with Crippen molar-refractivity contribution in [3.63, 3.8) is 0 Å². The molecule has 1 aromatic rings. The molecule has 1 saturated heterocycles. The van der Waals surface area contributed by atoms with Crippen molar-refractivity contribution in [1.29, 1.82) is 0 Å². The minimum Gasteiger partial charge on any atom is -0.390 e. The molecule has 1 heterocycles. The van der Waals surface area contributed by atoms with Crippen molar-refractivity contribution < 1.29 is 19.5 Å². The first-order valence-electron chi connectivity index (χ1n) is 12.3. The minimum absolute atomic E-state index is 0.0514. The Morgan fingerprint density at radius 3 is 2.57 bits per heavy atom. The van der Waals surface area contributed by atoms with Crippen molar-refractivity contribution in [3.8, 4) is 0 Å². The number of carbonyl (C=O) groups is 3. The molecule has 1 saturated carbocycles. The number of rotatable bonds is 6. The van der Waals surface area contributed by atoms with Gasteiger partial charge in [-0.3, -0.25) is 9.59 Å². The second kappa shape index (κ2) is 9.62. The van der Waals surface area contributed by atoms with Crippen LogP contribution in [0.25, 0.3) is 0 Å². The van der Waals surface area contributed by atoms with Crippen LogP contribution in [0.15, 0.2) is 36.9 Å². The number of aliphatic hydroxyl groups is 1. The van der Waals surface area contributed by atoms with Crippen LogP contribution in [0.3, 0.4) is 0 Å². The Balaban J connectivity index is 1.45. The van der Waals surface area contributed by atoms with Crippen molar-refractivity contribution in [2.24, 2.45) is 17.1 Å². The molecule has 3 aliphatic rings. The fraction of sp³-hybridized carbons (Fsp3) is 0.577. The highest BCUT2D eigenvalue weighted by Gasteiger charge is 2.44. The van der Waals surface area contributed by atoms with E-state index >= 15 is 0 Å². The lowest BCUT2D eigenvalue weighted by Gasteiger charge is -2.34. The molecule has 7 atom stereocenters. The van der Waals surface area contributed by atoms with Crippen LogP contribution in [-0.4, -0.2) is 64.7 Å². The van der Waals surface area contributed by atoms with Crippen LogP contribution in [-0.2, 0) is 16.0 Å². The SMILES string of the molecule is C=CC1CC1NC(=O)[C@@H]1C[C@@H](N)CN1C(=O)N[C@H](C(=O)NC1c2ccccc2C[C@H]1O)C(C)(C)C. The summed E-state index contributed by atoms with van der Waals surface area (Å²) in [6, 6.07) is 4.72. The van der Waals surface area contributed by atoms with E-state index in [9.17, 15) is 19.5 Å². The van der Waals surface area contributed by atoms with Gasteiger partial charge in [-0.25, -0.2) is 4.79 Å². The topological polar surface area (TPSA) is 137 Å². The van der Waals surface area contributed by atoms with Crippen LogP contribution in [0.5, 0.6) is 0 Å². The largest absolute Gasteiger partial charge is 0.390 e. The number of hydrogen-bond donors (Lipinski definition) is 5. The number of hydrogen-bond acceptors (Lipinski definition) is 5. The van der Waals surface area contributed by atoms with Crippen LogP contribution >= 0.6 is 0 Å². The van der Waals surface area contributed by atoms with Crippen molar-refractivity contribution in [2.45, 2.75) is 76.3 Å². The molecule has 2 fully saturated rings. The highest BCUT2D eigenvalue weighted by Crippen LogP contribution is 2.33. The van der Waals surface area contributed by atoms with Crippen LogP contribution in [0, 0.1) is 11.3 Å². The predicted molar refractivity (Wildman–Crippen MR) is 132 cm³/mol. The molecule has 1 aromatic carbocycles. The van der Waals surface area contributed by atoms with Gasteiger partial charge in [0.15, 0.2) is 0 Å². The normalized spacial score (nSPS) is 30.3. The molecule has 0 aromatic heterocycles. The van der Waals surface area contributed by atoms with E-state index < -0.39 is 35.7 Å². The molecule has 4 amide bonds. The van der Waals surface area contributed by atoms with E-state index in [2.05, 4.69) is 22.5 Å². The first-order chi connectivity index (χ1) is 16.5. The van der Waals surface area contributed by atoms with Gasteiger partial charge >= 0.3 is 6.03 Å². The molecule has 0 bridgehead atoms. The highest BCUT2D eigenvalue weighted by atomic mass is 16.3. The molecule has 3 unspecified atom stereocenters. The standard InChI is InChI=1S/C26H37N5O4/c1-5-14-10-18(14)28-23(33)19-12-16(27)13-31(19)25(35)30-22(26(2,3)4)24(34)29-21-17-9-7-6-8-15(17)11-20(21)32/h5-9,14,16,18-22,32H,1,10-13,27H2,2-4H3,(H,28,33)(H,29,34)(H,30,35)/t14?,16-,18?,19+,20-,21?,22-/m1/s1. The maximum atomic E-state index is 13.4. The first-order valence-corrected chi connectivity index (χ1v) is 12.3. The number of nitrogens with zero attached hydrogens (tertiary/aromatic N) is 1. The third kappa shape index (κ3) is 5.36. The zero-order valence-electron chi connectivity index (χ0n) is 20.7. The van der Waals surface area contributed by atoms with Crippen molar-refractivity contribution >= 4 is 17.8 Å². The van der Waals surface area contributed by atoms with E-state index in [1.165, 1.54) is 4.90 Å². The number of aliphatic hydroxyl groups excluding tert-OH is 1. The van der Waals surface area contributed by atoms with Gasteiger partial charge in [0.05, 0.1) is 12.1 Å². The summed E-state index contributed by atoms with van der Waals surface area (Å²) >= 11 is 0. The van der Waals surface area contributed by atoms with Gasteiger partial charge in [-0.05, 0) is 35.3 Å². The minimum atomic E-state index is -0.885. The molecule has 9 heteroatoms. The number of fused-ring (bicyclic) bond motifs is 1. The zero-order valence-corrected chi connectivity index (χ0v) is 20.7. The molecule has 190 valence electrons. The molecule has 2 aliphatic carbocycles. The summed E-state index contributed by atoms with van der Waals surface area (Å²) in [7, 11) is 0. The Morgan fingerprint density at radius 1 is 1.20 bits per heavy atom. The molecule has 35 heavy (non-hydrogen) atoms. The summed E-state index contributed by atoms with van der Waals surface area (Å²) < 4.78 is 0. The Labute approximate surface area is 206 Å². The average molecular weight is 484 g/mol. The number of likely N-dealkylation sites (tertiary alicyclic amines) is 1. The Morgan fingerprint density at radius 2 is 1.91 bits per heavy atom. The lowest BCUT2D eigenvalue weighted by Crippen LogP contribution is -2.59. The number of nitrogens with two attached hydrogens (primary N) is 1. The molecule has 9 nitrogen and oxygen atoms in total. The van der Waals surface area contributed by atoms with Gasteiger partial charge in [-0.15, -0.1) is 6.58 Å². The van der Waals surface area contributed by atoms with Gasteiger partial charge < -0.3 is 31.7 Å². The van der Waals surface area contributed by atoms with Crippen LogP contribution in [0.1, 0.15) is 50.8 Å². The predicted octanol–water partition coefficient (Wildman–Crippen LogP) is 0.978. The number of nitrogens with one attached hydrogen (secondary N) is 3. The fourth-order valence-corrected chi connectivity index (χ4v) is 5.13. The lowest BCUT2D eigenvalue weighted by atomic mass is 9.86. The van der Waals surface area contributed by atoms with E-state index in [-0.39, 0.29) is 36.4 Å². The summed E-state index contributed by atoms with van der Waals surface area (Å²) in [6.07, 6.45) is 2.76. The lowest BCUT2D eigenvalue weighted by molar-refractivity contribution is -0.126. The summed E-state index contributed by atoms with van der Waals surface area (Å²) in [5.74, 6) is -0.353. The average Bonchev–Trinajstić information content (AvgIpc) is 3.30. The molecule has 6 N–H and O–H groups in total. The molecule has 4 rings (SSSR count). The third-order valence-electron chi connectivity index (χ3n) is 7.26. The Kier molecular flexibility index (Phi) is 6.92. The summed E-state index contributed by atoms with van der Waals surface area (Å²) in [4.78, 5) is 41.0. The smallest absolute Gasteiger partial charge is 0.318 e. The van der Waals surface area contributed by atoms with Gasteiger partial charge in [0, 0.05) is 25.0 Å². The van der Waals surface area contributed by atoms with E-state index in [1.807, 2.05) is 51.1 Å². The number of carbonyl (C=O) groups excluding carboxylic acids is 3. The zero-order chi connectivity index (χ0) is 25.5.